The Balaban J connectivity index is 1.80. The van der Waals surface area contributed by atoms with Gasteiger partial charge >= 0.3 is 11.9 Å². The third-order valence-electron chi connectivity index (χ3n) is 6.18. The molecule has 9 heteroatoms. The molecule has 1 aliphatic rings. The number of esters is 1. The Morgan fingerprint density at radius 3 is 2.37 bits per heavy atom. The van der Waals surface area contributed by atoms with Gasteiger partial charge in [0.15, 0.2) is 5.13 Å². The predicted octanol–water partition coefficient (Wildman–Crippen LogP) is 5.74. The van der Waals surface area contributed by atoms with Crippen molar-refractivity contribution >= 4 is 39.9 Å². The first kappa shape index (κ1) is 27.1. The molecule has 0 bridgehead atoms. The second kappa shape index (κ2) is 11.6. The quantitative estimate of drug-likeness (QED) is 0.123. The van der Waals surface area contributed by atoms with Gasteiger partial charge in [-0.3, -0.25) is 14.5 Å². The van der Waals surface area contributed by atoms with E-state index in [0.717, 1.165) is 29.7 Å². The van der Waals surface area contributed by atoms with Crippen LogP contribution in [0, 0.1) is 13.8 Å². The topological polar surface area (TPSA) is 106 Å². The minimum absolute atomic E-state index is 0.0518. The van der Waals surface area contributed by atoms with Crippen LogP contribution in [0.25, 0.3) is 5.76 Å². The zero-order chi connectivity index (χ0) is 27.4. The molecule has 1 fully saturated rings. The normalized spacial score (nSPS) is 16.6. The average molecular weight is 535 g/mol. The van der Waals surface area contributed by atoms with E-state index in [1.807, 2.05) is 31.2 Å². The van der Waals surface area contributed by atoms with Gasteiger partial charge in [0.1, 0.15) is 16.4 Å². The maximum Gasteiger partial charge on any atom is 0.350 e. The van der Waals surface area contributed by atoms with Crippen LogP contribution in [0.2, 0.25) is 0 Å². The van der Waals surface area contributed by atoms with Crippen LogP contribution in [-0.2, 0) is 14.3 Å². The lowest BCUT2D eigenvalue weighted by Gasteiger charge is -2.23. The molecule has 8 nitrogen and oxygen atoms in total. The predicted molar refractivity (Wildman–Crippen MR) is 146 cm³/mol. The largest absolute Gasteiger partial charge is 0.507 e. The fraction of sp³-hybridized carbons (Fsp3) is 0.310. The van der Waals surface area contributed by atoms with Crippen molar-refractivity contribution in [3.8, 4) is 5.75 Å². The van der Waals surface area contributed by atoms with Gasteiger partial charge in [0.05, 0.1) is 30.5 Å². The van der Waals surface area contributed by atoms with Gasteiger partial charge in [-0.05, 0) is 57.0 Å². The van der Waals surface area contributed by atoms with Gasteiger partial charge in [-0.15, -0.1) is 0 Å². The highest BCUT2D eigenvalue weighted by atomic mass is 32.1. The minimum Gasteiger partial charge on any atom is -0.507 e. The number of ketones is 1. The van der Waals surface area contributed by atoms with Gasteiger partial charge < -0.3 is 14.6 Å². The van der Waals surface area contributed by atoms with Gasteiger partial charge in [0, 0.05) is 5.56 Å². The van der Waals surface area contributed by atoms with Crippen LogP contribution in [0.4, 0.5) is 5.13 Å². The Morgan fingerprint density at radius 2 is 1.74 bits per heavy atom. The molecule has 38 heavy (non-hydrogen) atoms. The molecule has 1 aliphatic heterocycles. The number of rotatable bonds is 9. The zero-order valence-corrected chi connectivity index (χ0v) is 22.6. The van der Waals surface area contributed by atoms with E-state index in [2.05, 4.69) is 11.9 Å². The summed E-state index contributed by atoms with van der Waals surface area (Å²) < 4.78 is 10.8. The second-order valence-electron chi connectivity index (χ2n) is 8.94. The molecule has 1 unspecified atom stereocenters. The van der Waals surface area contributed by atoms with Crippen molar-refractivity contribution < 1.29 is 29.0 Å². The maximum absolute atomic E-state index is 13.4. The summed E-state index contributed by atoms with van der Waals surface area (Å²) in [4.78, 5) is 45.1. The van der Waals surface area contributed by atoms with E-state index in [1.165, 1.54) is 4.90 Å². The highest BCUT2D eigenvalue weighted by Crippen LogP contribution is 2.44. The third-order valence-corrected chi connectivity index (χ3v) is 7.32. The van der Waals surface area contributed by atoms with Crippen LogP contribution in [0.3, 0.4) is 0 Å². The van der Waals surface area contributed by atoms with E-state index in [0.29, 0.717) is 29.2 Å². The van der Waals surface area contributed by atoms with Crippen molar-refractivity contribution in [2.24, 2.45) is 0 Å². The molecule has 0 spiro atoms. The SMILES string of the molecule is CCCCOc1ccc(C(O)=C2C(=O)C(=O)N(c3nc(C)c(C(=O)OCC)s3)C2c2ccc(C)cc2)cc1. The number of thiazole rings is 1. The number of aryl methyl sites for hydroxylation is 2. The molecule has 2 aromatic carbocycles. The number of carbonyl (C=O) groups is 3. The first-order valence-electron chi connectivity index (χ1n) is 12.5. The summed E-state index contributed by atoms with van der Waals surface area (Å²) in [6.45, 7) is 8.14. The number of aromatic nitrogens is 1. The van der Waals surface area contributed by atoms with E-state index in [9.17, 15) is 19.5 Å². The number of aliphatic hydroxyl groups is 1. The zero-order valence-electron chi connectivity index (χ0n) is 21.8. The van der Waals surface area contributed by atoms with Gasteiger partial charge in [-0.1, -0.05) is 54.5 Å². The number of hydrogen-bond acceptors (Lipinski definition) is 8. The van der Waals surface area contributed by atoms with Crippen molar-refractivity contribution in [2.45, 2.75) is 46.6 Å². The van der Waals surface area contributed by atoms with Gasteiger partial charge in [-0.25, -0.2) is 9.78 Å². The molecule has 0 aliphatic carbocycles. The summed E-state index contributed by atoms with van der Waals surface area (Å²) in [5.74, 6) is -1.85. The first-order valence-corrected chi connectivity index (χ1v) is 13.3. The van der Waals surface area contributed by atoms with Crippen molar-refractivity contribution in [3.63, 3.8) is 0 Å². The number of Topliss-reactive ketones (excluding diaryl/α,β-unsaturated/α-hetero) is 1. The van der Waals surface area contributed by atoms with Crippen LogP contribution < -0.4 is 9.64 Å². The molecule has 1 aromatic heterocycles. The molecule has 0 radical (unpaired) electrons. The van der Waals surface area contributed by atoms with Gasteiger partial charge in [-0.2, -0.15) is 0 Å². The number of hydrogen-bond donors (Lipinski definition) is 1. The van der Waals surface area contributed by atoms with E-state index in [4.69, 9.17) is 9.47 Å². The highest BCUT2D eigenvalue weighted by molar-refractivity contribution is 7.17. The molecular formula is C29H30N2O6S. The lowest BCUT2D eigenvalue weighted by Crippen LogP contribution is -2.29. The van der Waals surface area contributed by atoms with Crippen LogP contribution in [0.5, 0.6) is 5.75 Å². The van der Waals surface area contributed by atoms with E-state index in [-0.39, 0.29) is 27.9 Å². The van der Waals surface area contributed by atoms with Gasteiger partial charge in [0.2, 0.25) is 0 Å². The molecule has 1 saturated heterocycles. The molecule has 1 N–H and O–H groups in total. The number of anilines is 1. The fourth-order valence-electron chi connectivity index (χ4n) is 4.16. The molecule has 2 heterocycles. The average Bonchev–Trinajstić information content (AvgIpc) is 3.41. The molecule has 198 valence electrons. The molecule has 3 aromatic rings. The standard InChI is InChI=1S/C29H30N2O6S/c1-5-7-16-37-21-14-12-20(13-15-21)24(32)22-23(19-10-8-17(3)9-11-19)31(27(34)25(22)33)29-30-18(4)26(38-29)28(35)36-6-2/h8-15,23,32H,5-7,16H2,1-4H3. The molecule has 4 rings (SSSR count). The van der Waals surface area contributed by atoms with Crippen molar-refractivity contribution in [1.29, 1.82) is 0 Å². The third kappa shape index (κ3) is 5.33. The number of benzene rings is 2. The fourth-order valence-corrected chi connectivity index (χ4v) is 5.15. The number of amides is 1. The molecule has 1 atom stereocenters. The van der Waals surface area contributed by atoms with E-state index >= 15 is 0 Å². The summed E-state index contributed by atoms with van der Waals surface area (Å²) in [6, 6.07) is 13.2. The van der Waals surface area contributed by atoms with Crippen LogP contribution in [-0.4, -0.2) is 41.0 Å². The van der Waals surface area contributed by atoms with Crippen molar-refractivity contribution in [3.05, 3.63) is 81.4 Å². The number of ether oxygens (including phenoxy) is 2. The summed E-state index contributed by atoms with van der Waals surface area (Å²) in [5, 5.41) is 11.5. The Labute approximate surface area is 225 Å². The summed E-state index contributed by atoms with van der Waals surface area (Å²) >= 11 is 0.980. The van der Waals surface area contributed by atoms with Crippen LogP contribution in [0.1, 0.15) is 64.8 Å². The maximum atomic E-state index is 13.4. The second-order valence-corrected chi connectivity index (χ2v) is 9.92. The number of nitrogens with zero attached hydrogens (tertiary/aromatic N) is 2. The first-order chi connectivity index (χ1) is 18.3. The van der Waals surface area contributed by atoms with Gasteiger partial charge in [0.25, 0.3) is 5.78 Å². The van der Waals surface area contributed by atoms with E-state index < -0.39 is 23.7 Å². The van der Waals surface area contributed by atoms with Crippen LogP contribution >= 0.6 is 11.3 Å². The lowest BCUT2D eigenvalue weighted by molar-refractivity contribution is -0.132. The highest BCUT2D eigenvalue weighted by Gasteiger charge is 2.48. The number of unbranched alkanes of at least 4 members (excludes halogenated alkanes) is 1. The summed E-state index contributed by atoms with van der Waals surface area (Å²) in [6.07, 6.45) is 1.94. The van der Waals surface area contributed by atoms with Crippen molar-refractivity contribution in [1.82, 2.24) is 4.98 Å². The Kier molecular flexibility index (Phi) is 8.26. The Morgan fingerprint density at radius 1 is 1.05 bits per heavy atom. The number of carbonyl (C=O) groups excluding carboxylic acids is 3. The monoisotopic (exact) mass is 534 g/mol. The summed E-state index contributed by atoms with van der Waals surface area (Å²) in [7, 11) is 0. The summed E-state index contributed by atoms with van der Waals surface area (Å²) in [5.41, 5.74) is 2.35. The Bertz CT molecular complexity index is 1380. The lowest BCUT2D eigenvalue weighted by atomic mass is 9.95. The smallest absolute Gasteiger partial charge is 0.350 e. The minimum atomic E-state index is -0.934. The Hall–Kier alpha value is -3.98. The van der Waals surface area contributed by atoms with E-state index in [1.54, 1.807) is 38.1 Å². The molecule has 1 amide bonds. The number of aliphatic hydroxyl groups excluding tert-OH is 1. The molecule has 0 saturated carbocycles. The van der Waals surface area contributed by atoms with Crippen molar-refractivity contribution in [2.75, 3.05) is 18.1 Å². The molecular weight excluding hydrogens is 504 g/mol. The van der Waals surface area contributed by atoms with Crippen LogP contribution in [0.15, 0.2) is 54.1 Å².